The fourth-order valence-electron chi connectivity index (χ4n) is 1.58. The molecule has 18 heavy (non-hydrogen) atoms. The Morgan fingerprint density at radius 3 is 2.56 bits per heavy atom. The highest BCUT2D eigenvalue weighted by Gasteiger charge is 2.10. The van der Waals surface area contributed by atoms with Crippen molar-refractivity contribution in [2.24, 2.45) is 0 Å². The van der Waals surface area contributed by atoms with Gasteiger partial charge in [-0.15, -0.1) is 11.3 Å². The van der Waals surface area contributed by atoms with Gasteiger partial charge in [-0.05, 0) is 35.6 Å². The second-order valence-corrected chi connectivity index (χ2v) is 4.75. The second-order valence-electron chi connectivity index (χ2n) is 3.83. The summed E-state index contributed by atoms with van der Waals surface area (Å²) >= 11 is 1.32. The Balaban J connectivity index is 2.05. The van der Waals surface area contributed by atoms with E-state index in [1.165, 1.54) is 11.3 Å². The Hall–Kier alpha value is -1.85. The van der Waals surface area contributed by atoms with Crippen molar-refractivity contribution >= 4 is 28.6 Å². The van der Waals surface area contributed by atoms with E-state index in [0.29, 0.717) is 17.0 Å². The number of nitrogen functional groups attached to an aromatic ring is 1. The zero-order valence-corrected chi connectivity index (χ0v) is 10.5. The first-order valence-corrected chi connectivity index (χ1v) is 6.43. The quantitative estimate of drug-likeness (QED) is 0.790. The van der Waals surface area contributed by atoms with Gasteiger partial charge in [0, 0.05) is 12.3 Å². The number of aliphatic hydroxyl groups excluding tert-OH is 1. The topological polar surface area (TPSA) is 75.4 Å². The van der Waals surface area contributed by atoms with E-state index in [1.54, 1.807) is 11.4 Å². The minimum atomic E-state index is -0.197. The van der Waals surface area contributed by atoms with Crippen LogP contribution in [0.2, 0.25) is 0 Å². The van der Waals surface area contributed by atoms with Crippen LogP contribution < -0.4 is 11.1 Å². The van der Waals surface area contributed by atoms with Crippen molar-refractivity contribution in [1.29, 1.82) is 0 Å². The van der Waals surface area contributed by atoms with Crippen LogP contribution in [0.15, 0.2) is 35.7 Å². The zero-order chi connectivity index (χ0) is 13.0. The van der Waals surface area contributed by atoms with Crippen LogP contribution in [0.5, 0.6) is 0 Å². The fraction of sp³-hybridized carbons (Fsp3) is 0.154. The molecule has 0 saturated carbocycles. The molecule has 0 aliphatic carbocycles. The lowest BCUT2D eigenvalue weighted by Crippen LogP contribution is -2.11. The fourth-order valence-corrected chi connectivity index (χ4v) is 2.29. The van der Waals surface area contributed by atoms with Gasteiger partial charge in [0.05, 0.1) is 5.69 Å². The monoisotopic (exact) mass is 262 g/mol. The zero-order valence-electron chi connectivity index (χ0n) is 9.72. The molecule has 0 atom stereocenters. The van der Waals surface area contributed by atoms with E-state index in [-0.39, 0.29) is 12.5 Å². The first-order valence-electron chi connectivity index (χ1n) is 5.55. The molecule has 0 saturated heterocycles. The van der Waals surface area contributed by atoms with Gasteiger partial charge in [0.25, 0.3) is 5.91 Å². The smallest absolute Gasteiger partial charge is 0.267 e. The predicted octanol–water partition coefficient (Wildman–Crippen LogP) is 2.12. The van der Waals surface area contributed by atoms with E-state index in [0.717, 1.165) is 11.3 Å². The van der Waals surface area contributed by atoms with E-state index in [2.05, 4.69) is 5.32 Å². The molecule has 0 aliphatic rings. The molecule has 0 aliphatic heterocycles. The van der Waals surface area contributed by atoms with Crippen molar-refractivity contribution in [3.05, 3.63) is 46.2 Å². The third kappa shape index (κ3) is 2.88. The van der Waals surface area contributed by atoms with Gasteiger partial charge in [-0.25, -0.2) is 0 Å². The third-order valence-corrected chi connectivity index (χ3v) is 3.44. The number of nitrogens with one attached hydrogen (secondary N) is 1. The second kappa shape index (κ2) is 5.66. The molecule has 4 nitrogen and oxygen atoms in total. The molecule has 5 heteroatoms. The van der Waals surface area contributed by atoms with E-state index < -0.39 is 0 Å². The maximum absolute atomic E-state index is 11.9. The summed E-state index contributed by atoms with van der Waals surface area (Å²) < 4.78 is 0. The first-order chi connectivity index (χ1) is 8.70. The molecule has 2 rings (SSSR count). The normalized spacial score (nSPS) is 10.3. The summed E-state index contributed by atoms with van der Waals surface area (Å²) in [6.07, 6.45) is 0.617. The number of aliphatic hydroxyl groups is 1. The van der Waals surface area contributed by atoms with E-state index >= 15 is 0 Å². The summed E-state index contributed by atoms with van der Waals surface area (Å²) in [6.45, 7) is 0.122. The SMILES string of the molecule is Nc1ccsc1C(=O)Nc1ccc(CCO)cc1. The molecular weight excluding hydrogens is 248 g/mol. The van der Waals surface area contributed by atoms with E-state index in [4.69, 9.17) is 10.8 Å². The molecule has 1 heterocycles. The van der Waals surface area contributed by atoms with Crippen LogP contribution in [0.3, 0.4) is 0 Å². The molecule has 1 aromatic carbocycles. The minimum absolute atomic E-state index is 0.122. The van der Waals surface area contributed by atoms with Gasteiger partial charge >= 0.3 is 0 Å². The lowest BCUT2D eigenvalue weighted by molar-refractivity contribution is 0.103. The lowest BCUT2D eigenvalue weighted by Gasteiger charge is -2.05. The van der Waals surface area contributed by atoms with E-state index in [9.17, 15) is 4.79 Å². The van der Waals surface area contributed by atoms with Crippen molar-refractivity contribution in [2.45, 2.75) is 6.42 Å². The number of thiophene rings is 1. The lowest BCUT2D eigenvalue weighted by atomic mass is 10.1. The molecule has 0 spiro atoms. The standard InChI is InChI=1S/C13H14N2O2S/c14-11-6-8-18-12(11)13(17)15-10-3-1-9(2-4-10)5-7-16/h1-4,6,8,16H,5,7,14H2,(H,15,17). The Morgan fingerprint density at radius 2 is 2.00 bits per heavy atom. The number of benzene rings is 1. The van der Waals surface area contributed by atoms with Crippen LogP contribution in [0.1, 0.15) is 15.2 Å². The Morgan fingerprint density at radius 1 is 1.28 bits per heavy atom. The van der Waals surface area contributed by atoms with Crippen molar-refractivity contribution in [3.8, 4) is 0 Å². The highest BCUT2D eigenvalue weighted by molar-refractivity contribution is 7.12. The Kier molecular flexibility index (Phi) is 3.96. The number of carbonyl (C=O) groups excluding carboxylic acids is 1. The molecule has 94 valence electrons. The van der Waals surface area contributed by atoms with Gasteiger partial charge in [0.1, 0.15) is 4.88 Å². The maximum atomic E-state index is 11.9. The van der Waals surface area contributed by atoms with E-state index in [1.807, 2.05) is 24.3 Å². The molecule has 0 radical (unpaired) electrons. The largest absolute Gasteiger partial charge is 0.397 e. The maximum Gasteiger partial charge on any atom is 0.267 e. The van der Waals surface area contributed by atoms with Crippen molar-refractivity contribution in [2.75, 3.05) is 17.7 Å². The molecule has 0 unspecified atom stereocenters. The average molecular weight is 262 g/mol. The molecule has 2 aromatic rings. The summed E-state index contributed by atoms with van der Waals surface area (Å²) in [5, 5.41) is 13.4. The van der Waals surface area contributed by atoms with Crippen LogP contribution in [0.4, 0.5) is 11.4 Å². The van der Waals surface area contributed by atoms with Crippen LogP contribution in [-0.2, 0) is 6.42 Å². The molecule has 1 aromatic heterocycles. The highest BCUT2D eigenvalue weighted by Crippen LogP contribution is 2.20. The number of anilines is 2. The summed E-state index contributed by atoms with van der Waals surface area (Å²) in [5.41, 5.74) is 7.93. The van der Waals surface area contributed by atoms with Gasteiger partial charge in [0.2, 0.25) is 0 Å². The van der Waals surface area contributed by atoms with Gasteiger partial charge in [-0.1, -0.05) is 12.1 Å². The van der Waals surface area contributed by atoms with Gasteiger partial charge < -0.3 is 16.2 Å². The van der Waals surface area contributed by atoms with Crippen molar-refractivity contribution in [1.82, 2.24) is 0 Å². The van der Waals surface area contributed by atoms with Crippen LogP contribution in [0, 0.1) is 0 Å². The summed E-state index contributed by atoms with van der Waals surface area (Å²) in [7, 11) is 0. The Bertz CT molecular complexity index is 534. The minimum Gasteiger partial charge on any atom is -0.397 e. The molecule has 0 bridgehead atoms. The number of hydrogen-bond acceptors (Lipinski definition) is 4. The highest BCUT2D eigenvalue weighted by atomic mass is 32.1. The molecule has 1 amide bonds. The van der Waals surface area contributed by atoms with Crippen LogP contribution >= 0.6 is 11.3 Å². The van der Waals surface area contributed by atoms with Crippen molar-refractivity contribution < 1.29 is 9.90 Å². The molecule has 4 N–H and O–H groups in total. The predicted molar refractivity (Wildman–Crippen MR) is 73.9 cm³/mol. The summed E-state index contributed by atoms with van der Waals surface area (Å²) in [6, 6.07) is 9.09. The van der Waals surface area contributed by atoms with Crippen molar-refractivity contribution in [3.63, 3.8) is 0 Å². The van der Waals surface area contributed by atoms with Crippen LogP contribution in [0.25, 0.3) is 0 Å². The van der Waals surface area contributed by atoms with Gasteiger partial charge in [0.15, 0.2) is 0 Å². The first kappa shape index (κ1) is 12.6. The number of amides is 1. The molecule has 0 fully saturated rings. The summed E-state index contributed by atoms with van der Waals surface area (Å²) in [4.78, 5) is 12.4. The number of hydrogen-bond donors (Lipinski definition) is 3. The van der Waals surface area contributed by atoms with Gasteiger partial charge in [-0.3, -0.25) is 4.79 Å². The third-order valence-electron chi connectivity index (χ3n) is 2.51. The number of carbonyl (C=O) groups is 1. The average Bonchev–Trinajstić information content (AvgIpc) is 2.78. The number of rotatable bonds is 4. The number of nitrogens with two attached hydrogens (primary N) is 1. The molecular formula is C13H14N2O2S. The van der Waals surface area contributed by atoms with Crippen LogP contribution in [-0.4, -0.2) is 17.6 Å². The summed E-state index contributed by atoms with van der Waals surface area (Å²) in [5.74, 6) is -0.197. The Labute approximate surface area is 109 Å². The van der Waals surface area contributed by atoms with Gasteiger partial charge in [-0.2, -0.15) is 0 Å².